The molecule has 1 aliphatic heterocycles. The first-order valence-corrected chi connectivity index (χ1v) is 8.50. The van der Waals surface area contributed by atoms with Crippen molar-refractivity contribution >= 4 is 17.5 Å². The van der Waals surface area contributed by atoms with Crippen molar-refractivity contribution < 1.29 is 19.1 Å². The van der Waals surface area contributed by atoms with Gasteiger partial charge in [0.15, 0.2) is 11.5 Å². The average molecular weight is 373 g/mol. The molecule has 4 N–H and O–H groups in total. The van der Waals surface area contributed by atoms with E-state index in [2.05, 4.69) is 15.7 Å². The van der Waals surface area contributed by atoms with E-state index in [9.17, 15) is 9.59 Å². The maximum atomic E-state index is 12.9. The summed E-state index contributed by atoms with van der Waals surface area (Å²) in [6.07, 6.45) is 3.67. The number of ether oxygens (including phenoxy) is 2. The number of nitrogens with two attached hydrogens (primary N) is 1. The van der Waals surface area contributed by atoms with E-state index in [0.717, 1.165) is 5.56 Å². The Balaban J connectivity index is 1.87. The van der Waals surface area contributed by atoms with Crippen LogP contribution in [-0.4, -0.2) is 48.9 Å². The van der Waals surface area contributed by atoms with E-state index >= 15 is 0 Å². The number of carbonyl (C=O) groups excluding carboxylic acids is 2. The van der Waals surface area contributed by atoms with E-state index in [4.69, 9.17) is 15.2 Å². The summed E-state index contributed by atoms with van der Waals surface area (Å²) in [6, 6.07) is 3.00. The number of nitrogens with one attached hydrogen (secondary N) is 2. The molecular weight excluding hydrogens is 350 g/mol. The topological polar surface area (TPSA) is 121 Å². The number of methoxy groups -OCH3 is 2. The Hall–Kier alpha value is -3.07. The van der Waals surface area contributed by atoms with Crippen LogP contribution in [0.5, 0.6) is 11.5 Å². The van der Waals surface area contributed by atoms with Crippen molar-refractivity contribution in [3.05, 3.63) is 35.7 Å². The Bertz CT molecular complexity index is 863. The van der Waals surface area contributed by atoms with Crippen LogP contribution < -0.4 is 25.8 Å². The predicted molar refractivity (Wildman–Crippen MR) is 99.0 cm³/mol. The zero-order chi connectivity index (χ0) is 19.6. The van der Waals surface area contributed by atoms with Crippen molar-refractivity contribution in [2.24, 2.45) is 18.7 Å². The summed E-state index contributed by atoms with van der Waals surface area (Å²) in [4.78, 5) is 24.8. The summed E-state index contributed by atoms with van der Waals surface area (Å²) in [5, 5.41) is 10.2. The van der Waals surface area contributed by atoms with Gasteiger partial charge in [-0.05, 0) is 11.6 Å². The molecule has 9 nitrogen and oxygen atoms in total. The Morgan fingerprint density at radius 1 is 1.26 bits per heavy atom. The molecule has 2 aromatic rings. The van der Waals surface area contributed by atoms with E-state index in [1.807, 2.05) is 13.2 Å². The van der Waals surface area contributed by atoms with Gasteiger partial charge in [-0.1, -0.05) is 0 Å². The first-order valence-electron chi connectivity index (χ1n) is 8.50. The second-order valence-corrected chi connectivity index (χ2v) is 6.42. The first-order chi connectivity index (χ1) is 12.9. The molecule has 3 rings (SSSR count). The maximum Gasteiger partial charge on any atom is 0.250 e. The average Bonchev–Trinajstić information content (AvgIpc) is 3.29. The fourth-order valence-corrected chi connectivity index (χ4v) is 3.35. The van der Waals surface area contributed by atoms with Gasteiger partial charge in [0.05, 0.1) is 37.6 Å². The number of primary amides is 1. The standard InChI is InChI=1S/C18H23N5O4/c1-23-9-10(6-21-23)12-7-20-8-13(12)18(25)22-14-5-16(27-3)15(26-2)4-11(14)17(19)24/h4-6,9,12-13,20H,7-8H2,1-3H3,(H2,19,24)(H,22,25)/t12-,13+/m1/s1. The molecule has 0 aliphatic carbocycles. The second kappa shape index (κ2) is 7.67. The van der Waals surface area contributed by atoms with Crippen molar-refractivity contribution in [1.82, 2.24) is 15.1 Å². The number of benzene rings is 1. The highest BCUT2D eigenvalue weighted by atomic mass is 16.5. The van der Waals surface area contributed by atoms with Crippen LogP contribution >= 0.6 is 0 Å². The van der Waals surface area contributed by atoms with Gasteiger partial charge in [0.25, 0.3) is 5.91 Å². The molecule has 0 radical (unpaired) electrons. The van der Waals surface area contributed by atoms with E-state index in [1.54, 1.807) is 10.9 Å². The summed E-state index contributed by atoms with van der Waals surface area (Å²) in [7, 11) is 4.78. The van der Waals surface area contributed by atoms with Crippen LogP contribution in [0.1, 0.15) is 21.8 Å². The molecule has 0 bridgehead atoms. The number of hydrogen-bond donors (Lipinski definition) is 3. The molecule has 1 aliphatic rings. The van der Waals surface area contributed by atoms with Gasteiger partial charge < -0.3 is 25.8 Å². The van der Waals surface area contributed by atoms with Crippen LogP contribution in [0.3, 0.4) is 0 Å². The van der Waals surface area contributed by atoms with Gasteiger partial charge in [-0.2, -0.15) is 5.10 Å². The van der Waals surface area contributed by atoms with Gasteiger partial charge in [0.2, 0.25) is 5.91 Å². The molecule has 2 amide bonds. The molecule has 2 atom stereocenters. The third-order valence-corrected chi connectivity index (χ3v) is 4.75. The lowest BCUT2D eigenvalue weighted by Crippen LogP contribution is -2.29. The highest BCUT2D eigenvalue weighted by Crippen LogP contribution is 2.34. The normalized spacial score (nSPS) is 18.9. The summed E-state index contributed by atoms with van der Waals surface area (Å²) >= 11 is 0. The van der Waals surface area contributed by atoms with Crippen LogP contribution in [0.2, 0.25) is 0 Å². The second-order valence-electron chi connectivity index (χ2n) is 6.42. The molecule has 0 saturated carbocycles. The summed E-state index contributed by atoms with van der Waals surface area (Å²) < 4.78 is 12.2. The van der Waals surface area contributed by atoms with E-state index in [1.165, 1.54) is 26.4 Å². The number of rotatable bonds is 6. The summed E-state index contributed by atoms with van der Waals surface area (Å²) in [5.74, 6) is -0.423. The Kier molecular flexibility index (Phi) is 5.31. The molecule has 0 spiro atoms. The van der Waals surface area contributed by atoms with Gasteiger partial charge in [0, 0.05) is 38.3 Å². The number of nitrogens with zero attached hydrogens (tertiary/aromatic N) is 2. The smallest absolute Gasteiger partial charge is 0.250 e. The van der Waals surface area contributed by atoms with Gasteiger partial charge in [0.1, 0.15) is 0 Å². The minimum atomic E-state index is -0.667. The molecular formula is C18H23N5O4. The van der Waals surface area contributed by atoms with E-state index < -0.39 is 5.91 Å². The molecule has 144 valence electrons. The highest BCUT2D eigenvalue weighted by molar-refractivity contribution is 6.04. The minimum Gasteiger partial charge on any atom is -0.493 e. The van der Waals surface area contributed by atoms with E-state index in [0.29, 0.717) is 30.3 Å². The monoisotopic (exact) mass is 373 g/mol. The Morgan fingerprint density at radius 2 is 1.96 bits per heavy atom. The largest absolute Gasteiger partial charge is 0.493 e. The van der Waals surface area contributed by atoms with Crippen molar-refractivity contribution in [2.75, 3.05) is 32.6 Å². The molecule has 9 heteroatoms. The van der Waals surface area contributed by atoms with Crippen LogP contribution in [-0.2, 0) is 11.8 Å². The fraction of sp³-hybridized carbons (Fsp3) is 0.389. The molecule has 27 heavy (non-hydrogen) atoms. The third-order valence-electron chi connectivity index (χ3n) is 4.75. The number of aryl methyl sites for hydroxylation is 1. The number of carbonyl (C=O) groups is 2. The molecule has 1 aromatic carbocycles. The number of hydrogen-bond acceptors (Lipinski definition) is 6. The molecule has 2 heterocycles. The fourth-order valence-electron chi connectivity index (χ4n) is 3.35. The van der Waals surface area contributed by atoms with Crippen molar-refractivity contribution in [1.29, 1.82) is 0 Å². The molecule has 1 fully saturated rings. The zero-order valence-corrected chi connectivity index (χ0v) is 15.5. The van der Waals surface area contributed by atoms with Crippen molar-refractivity contribution in [3.8, 4) is 11.5 Å². The van der Waals surface area contributed by atoms with Gasteiger partial charge in [-0.25, -0.2) is 0 Å². The van der Waals surface area contributed by atoms with Crippen LogP contribution in [0, 0.1) is 5.92 Å². The van der Waals surface area contributed by atoms with Crippen LogP contribution in [0.15, 0.2) is 24.5 Å². The molecule has 0 unspecified atom stereocenters. The van der Waals surface area contributed by atoms with Gasteiger partial charge in [-0.3, -0.25) is 14.3 Å². The minimum absolute atomic E-state index is 0.00382. The number of amides is 2. The number of anilines is 1. The Morgan fingerprint density at radius 3 is 2.56 bits per heavy atom. The lowest BCUT2D eigenvalue weighted by atomic mass is 9.90. The summed E-state index contributed by atoms with van der Waals surface area (Å²) in [6.45, 7) is 1.21. The lowest BCUT2D eigenvalue weighted by Gasteiger charge is -2.19. The quantitative estimate of drug-likeness (QED) is 0.677. The van der Waals surface area contributed by atoms with Crippen LogP contribution in [0.25, 0.3) is 0 Å². The highest BCUT2D eigenvalue weighted by Gasteiger charge is 2.35. The Labute approximate surface area is 156 Å². The maximum absolute atomic E-state index is 12.9. The van der Waals surface area contributed by atoms with Crippen LogP contribution in [0.4, 0.5) is 5.69 Å². The lowest BCUT2D eigenvalue weighted by molar-refractivity contribution is -0.119. The first kappa shape index (κ1) is 18.7. The summed E-state index contributed by atoms with van der Waals surface area (Å²) in [5.41, 5.74) is 6.91. The van der Waals surface area contributed by atoms with E-state index in [-0.39, 0.29) is 23.3 Å². The van der Waals surface area contributed by atoms with Crippen molar-refractivity contribution in [3.63, 3.8) is 0 Å². The molecule has 1 aromatic heterocycles. The van der Waals surface area contributed by atoms with Gasteiger partial charge in [-0.15, -0.1) is 0 Å². The van der Waals surface area contributed by atoms with Gasteiger partial charge >= 0.3 is 0 Å². The SMILES string of the molecule is COc1cc(NC(=O)[C@H]2CNC[C@@H]2c2cnn(C)c2)c(C(N)=O)cc1OC. The predicted octanol–water partition coefficient (Wildman–Crippen LogP) is 0.478. The molecule has 1 saturated heterocycles. The third kappa shape index (κ3) is 3.72. The zero-order valence-electron chi connectivity index (χ0n) is 15.5. The number of aromatic nitrogens is 2. The van der Waals surface area contributed by atoms with Crippen molar-refractivity contribution in [2.45, 2.75) is 5.92 Å².